The van der Waals surface area contributed by atoms with Gasteiger partial charge >= 0.3 is 20.3 Å². The predicted molar refractivity (Wildman–Crippen MR) is 110 cm³/mol. The van der Waals surface area contributed by atoms with Gasteiger partial charge in [0, 0.05) is 6.26 Å². The molecule has 168 valence electrons. The van der Waals surface area contributed by atoms with Crippen molar-refractivity contribution in [1.29, 1.82) is 0 Å². The smallest absolute Gasteiger partial charge is 0.360 e. The first-order chi connectivity index (χ1) is 13.7. The van der Waals surface area contributed by atoms with Gasteiger partial charge in [0.2, 0.25) is 0 Å². The van der Waals surface area contributed by atoms with Crippen LogP contribution in [-0.2, 0) is 47.5 Å². The van der Waals surface area contributed by atoms with Gasteiger partial charge in [-0.1, -0.05) is 0 Å². The molecule has 2 aliphatic rings. The molecule has 0 saturated carbocycles. The van der Waals surface area contributed by atoms with Crippen LogP contribution in [0.3, 0.4) is 0 Å². The van der Waals surface area contributed by atoms with Crippen LogP contribution in [-0.4, -0.2) is 42.0 Å². The fourth-order valence-corrected chi connectivity index (χ4v) is 7.68. The SMILES string of the molecule is CCOP(=O)(OCC)C1=COC2(S(C)=O)OC=C(P(=O)(OCC)OCC)CC2C1. The van der Waals surface area contributed by atoms with Crippen LogP contribution in [0, 0.1) is 5.92 Å². The number of ether oxygens (including phenoxy) is 2. The summed E-state index contributed by atoms with van der Waals surface area (Å²) in [6.45, 7) is 7.62. The average molecular weight is 472 g/mol. The molecule has 9 nitrogen and oxygen atoms in total. The minimum Gasteiger partial charge on any atom is -0.449 e. The number of hydrogen-bond acceptors (Lipinski definition) is 9. The Balaban J connectivity index is 2.40. The zero-order chi connectivity index (χ0) is 21.7. The molecule has 1 unspecified atom stereocenters. The highest BCUT2D eigenvalue weighted by molar-refractivity contribution is 7.85. The minimum absolute atomic E-state index is 0.173. The van der Waals surface area contributed by atoms with Crippen LogP contribution in [0.1, 0.15) is 40.5 Å². The molecule has 0 saturated heterocycles. The van der Waals surface area contributed by atoms with Crippen LogP contribution in [0.15, 0.2) is 23.2 Å². The van der Waals surface area contributed by atoms with Crippen molar-refractivity contribution in [1.82, 2.24) is 0 Å². The monoisotopic (exact) mass is 472 g/mol. The standard InChI is InChI=1S/C17H30O9P2S/c1-6-23-27(18,24-7-2)15-10-14-11-16(28(19,25-8-3)26-9-4)13-22-17(14,21-12-15)29(5)20/h12-14H,6-11H2,1-5H3. The first kappa shape index (κ1) is 24.8. The van der Waals surface area contributed by atoms with E-state index < -0.39 is 37.0 Å². The van der Waals surface area contributed by atoms with Crippen LogP contribution < -0.4 is 0 Å². The summed E-state index contributed by atoms with van der Waals surface area (Å²) >= 11 is 0. The van der Waals surface area contributed by atoms with Gasteiger partial charge in [-0.2, -0.15) is 0 Å². The van der Waals surface area contributed by atoms with Crippen molar-refractivity contribution in [2.24, 2.45) is 5.92 Å². The molecular weight excluding hydrogens is 442 g/mol. The van der Waals surface area contributed by atoms with E-state index in [1.807, 2.05) is 0 Å². The van der Waals surface area contributed by atoms with E-state index in [-0.39, 0.29) is 39.3 Å². The van der Waals surface area contributed by atoms with Crippen molar-refractivity contribution in [3.63, 3.8) is 0 Å². The first-order valence-corrected chi connectivity index (χ1v) is 14.2. The third-order valence-electron chi connectivity index (χ3n) is 4.43. The van der Waals surface area contributed by atoms with Crippen LogP contribution in [0.5, 0.6) is 0 Å². The predicted octanol–water partition coefficient (Wildman–Crippen LogP) is 4.69. The quantitative estimate of drug-likeness (QED) is 0.396. The maximum atomic E-state index is 13.2. The number of hydrogen-bond donors (Lipinski definition) is 0. The molecule has 1 atom stereocenters. The van der Waals surface area contributed by atoms with E-state index in [9.17, 15) is 13.3 Å². The Labute approximate surface area is 174 Å². The molecule has 2 aliphatic heterocycles. The van der Waals surface area contributed by atoms with Crippen molar-refractivity contribution >= 4 is 26.0 Å². The molecule has 0 aromatic carbocycles. The van der Waals surface area contributed by atoms with Gasteiger partial charge in [-0.25, -0.2) is 0 Å². The Morgan fingerprint density at radius 1 is 0.897 bits per heavy atom. The fraction of sp³-hybridized carbons (Fsp3) is 0.765. The number of rotatable bonds is 11. The number of allylic oxidation sites excluding steroid dienone is 2. The molecule has 0 fully saturated rings. The van der Waals surface area contributed by atoms with Crippen LogP contribution >= 0.6 is 15.2 Å². The first-order valence-electron chi connectivity index (χ1n) is 9.57. The average Bonchev–Trinajstić information content (AvgIpc) is 2.67. The maximum absolute atomic E-state index is 13.2. The van der Waals surface area contributed by atoms with Crippen LogP contribution in [0.25, 0.3) is 0 Å². The Kier molecular flexibility index (Phi) is 8.74. The van der Waals surface area contributed by atoms with Gasteiger partial charge in [-0.3, -0.25) is 13.3 Å². The van der Waals surface area contributed by atoms with Gasteiger partial charge in [0.25, 0.3) is 0 Å². The molecule has 29 heavy (non-hydrogen) atoms. The Morgan fingerprint density at radius 3 is 1.52 bits per heavy atom. The van der Waals surface area contributed by atoms with Gasteiger partial charge in [-0.15, -0.1) is 0 Å². The molecule has 0 spiro atoms. The molecule has 0 aromatic rings. The largest absolute Gasteiger partial charge is 0.449 e. The molecular formula is C17H30O9P2S. The van der Waals surface area contributed by atoms with E-state index in [0.29, 0.717) is 10.6 Å². The van der Waals surface area contributed by atoms with Crippen molar-refractivity contribution < 1.29 is 40.9 Å². The van der Waals surface area contributed by atoms with E-state index in [0.717, 1.165) is 0 Å². The molecule has 0 aliphatic carbocycles. The van der Waals surface area contributed by atoms with E-state index in [1.54, 1.807) is 27.7 Å². The van der Waals surface area contributed by atoms with E-state index in [1.165, 1.54) is 18.8 Å². The molecule has 0 bridgehead atoms. The zero-order valence-corrected chi connectivity index (χ0v) is 20.1. The molecule has 0 aromatic heterocycles. The summed E-state index contributed by atoms with van der Waals surface area (Å²) in [5.41, 5.74) is 0. The fourth-order valence-electron chi connectivity index (χ4n) is 3.25. The molecule has 0 N–H and O–H groups in total. The number of fused-ring (bicyclic) bond motifs is 1. The molecule has 2 heterocycles. The Bertz CT molecular complexity index is 692. The zero-order valence-electron chi connectivity index (χ0n) is 17.5. The lowest BCUT2D eigenvalue weighted by Gasteiger charge is -2.43. The highest BCUT2D eigenvalue weighted by Gasteiger charge is 2.55. The van der Waals surface area contributed by atoms with Crippen molar-refractivity contribution in [3.05, 3.63) is 23.2 Å². The normalized spacial score (nSPS) is 25.9. The molecule has 12 heteroatoms. The lowest BCUT2D eigenvalue weighted by Crippen LogP contribution is -2.49. The van der Waals surface area contributed by atoms with Crippen LogP contribution in [0.4, 0.5) is 0 Å². The lowest BCUT2D eigenvalue weighted by molar-refractivity contribution is -0.153. The van der Waals surface area contributed by atoms with Gasteiger partial charge in [0.1, 0.15) is 23.3 Å². The van der Waals surface area contributed by atoms with E-state index >= 15 is 0 Å². The lowest BCUT2D eigenvalue weighted by atomic mass is 9.97. The van der Waals surface area contributed by atoms with E-state index in [2.05, 4.69) is 0 Å². The third kappa shape index (κ3) is 5.06. The molecule has 0 radical (unpaired) electrons. The second kappa shape index (κ2) is 10.2. The summed E-state index contributed by atoms with van der Waals surface area (Å²) in [6, 6.07) is 0. The summed E-state index contributed by atoms with van der Waals surface area (Å²) in [7, 11) is -8.71. The van der Waals surface area contributed by atoms with Gasteiger partial charge in [0.05, 0.1) is 43.0 Å². The van der Waals surface area contributed by atoms with E-state index in [4.69, 9.17) is 27.6 Å². The van der Waals surface area contributed by atoms with Crippen molar-refractivity contribution in [2.45, 2.75) is 45.7 Å². The summed E-state index contributed by atoms with van der Waals surface area (Å²) in [5, 5.41) is -0.848. The van der Waals surface area contributed by atoms with Gasteiger partial charge < -0.3 is 27.6 Å². The Morgan fingerprint density at radius 2 is 1.24 bits per heavy atom. The maximum Gasteiger partial charge on any atom is 0.360 e. The second-order valence-corrected chi connectivity index (χ2v) is 11.9. The highest BCUT2D eigenvalue weighted by Crippen LogP contribution is 2.65. The van der Waals surface area contributed by atoms with Crippen molar-refractivity contribution in [2.75, 3.05) is 32.7 Å². The molecule has 0 amide bonds. The minimum atomic E-state index is -3.57. The van der Waals surface area contributed by atoms with Gasteiger partial charge in [0.15, 0.2) is 0 Å². The summed E-state index contributed by atoms with van der Waals surface area (Å²) in [4.78, 5) is 0. The van der Waals surface area contributed by atoms with Crippen molar-refractivity contribution in [3.8, 4) is 0 Å². The van der Waals surface area contributed by atoms with Gasteiger partial charge in [-0.05, 0) is 40.5 Å². The third-order valence-corrected chi connectivity index (χ3v) is 10.1. The highest BCUT2D eigenvalue weighted by atomic mass is 32.2. The second-order valence-electron chi connectivity index (χ2n) is 6.28. The summed E-state index contributed by atoms with van der Waals surface area (Å²) in [6.07, 6.45) is 4.32. The Hall–Kier alpha value is -0.470. The topological polar surface area (TPSA) is 107 Å². The summed E-state index contributed by atoms with van der Waals surface area (Å²) in [5.74, 6) is -0.559. The summed E-state index contributed by atoms with van der Waals surface area (Å²) < 4.78 is 71.9. The van der Waals surface area contributed by atoms with Crippen LogP contribution in [0.2, 0.25) is 0 Å². The molecule has 2 rings (SSSR count).